The first-order valence-corrected chi connectivity index (χ1v) is 7.99. The first-order valence-electron chi connectivity index (χ1n) is 7.99. The van der Waals surface area contributed by atoms with E-state index in [-0.39, 0.29) is 35.6 Å². The Morgan fingerprint density at radius 1 is 1.28 bits per heavy atom. The van der Waals surface area contributed by atoms with E-state index in [0.717, 1.165) is 6.07 Å². The van der Waals surface area contributed by atoms with Gasteiger partial charge in [-0.2, -0.15) is 13.2 Å². The number of hydrogen-bond acceptors (Lipinski definition) is 3. The number of ether oxygens (including phenoxy) is 1. The number of alkyl halides is 3. The summed E-state index contributed by atoms with van der Waals surface area (Å²) in [6.07, 6.45) is -3.50. The predicted octanol–water partition coefficient (Wildman–Crippen LogP) is 2.59. The Bertz CT molecular complexity index is 639. The molecule has 1 aromatic rings. The SMILES string of the molecule is COc1ccc(CNC(=O)C2CCN(C(C)=O)CC2)c(C(F)(F)F)c1. The maximum absolute atomic E-state index is 13.2. The molecule has 0 spiro atoms. The van der Waals surface area contributed by atoms with Gasteiger partial charge in [0.25, 0.3) is 0 Å². The normalized spacial score (nSPS) is 15.8. The van der Waals surface area contributed by atoms with Crippen LogP contribution in [-0.4, -0.2) is 36.9 Å². The van der Waals surface area contributed by atoms with Gasteiger partial charge in [-0.15, -0.1) is 0 Å². The van der Waals surface area contributed by atoms with Gasteiger partial charge in [0, 0.05) is 32.5 Å². The molecule has 0 unspecified atom stereocenters. The Kier molecular flexibility index (Phi) is 5.92. The van der Waals surface area contributed by atoms with Crippen molar-refractivity contribution in [1.82, 2.24) is 10.2 Å². The molecule has 1 heterocycles. The molecule has 1 fully saturated rings. The summed E-state index contributed by atoms with van der Waals surface area (Å²) >= 11 is 0. The Labute approximate surface area is 144 Å². The summed E-state index contributed by atoms with van der Waals surface area (Å²) in [5, 5.41) is 2.58. The number of carbonyl (C=O) groups is 2. The van der Waals surface area contributed by atoms with Gasteiger partial charge in [0.05, 0.1) is 12.7 Å². The van der Waals surface area contributed by atoms with Crippen LogP contribution < -0.4 is 10.1 Å². The highest BCUT2D eigenvalue weighted by molar-refractivity contribution is 5.79. The zero-order valence-electron chi connectivity index (χ0n) is 14.2. The highest BCUT2D eigenvalue weighted by Crippen LogP contribution is 2.34. The molecule has 1 aliphatic rings. The van der Waals surface area contributed by atoms with Crippen LogP contribution in [0.5, 0.6) is 5.75 Å². The van der Waals surface area contributed by atoms with E-state index in [1.807, 2.05) is 0 Å². The van der Waals surface area contributed by atoms with Crippen LogP contribution in [0.2, 0.25) is 0 Å². The lowest BCUT2D eigenvalue weighted by molar-refractivity contribution is -0.138. The van der Waals surface area contributed by atoms with Crippen molar-refractivity contribution in [2.75, 3.05) is 20.2 Å². The largest absolute Gasteiger partial charge is 0.497 e. The van der Waals surface area contributed by atoms with Gasteiger partial charge >= 0.3 is 6.18 Å². The lowest BCUT2D eigenvalue weighted by Crippen LogP contribution is -2.42. The van der Waals surface area contributed by atoms with Gasteiger partial charge in [0.2, 0.25) is 11.8 Å². The predicted molar refractivity (Wildman–Crippen MR) is 84.8 cm³/mol. The maximum atomic E-state index is 13.2. The van der Waals surface area contributed by atoms with E-state index >= 15 is 0 Å². The molecule has 138 valence electrons. The average molecular weight is 358 g/mol. The van der Waals surface area contributed by atoms with Crippen molar-refractivity contribution in [3.8, 4) is 5.75 Å². The van der Waals surface area contributed by atoms with Gasteiger partial charge in [-0.3, -0.25) is 9.59 Å². The molecule has 1 saturated heterocycles. The summed E-state index contributed by atoms with van der Waals surface area (Å²) in [7, 11) is 1.30. The number of benzene rings is 1. The van der Waals surface area contributed by atoms with Gasteiger partial charge in [-0.1, -0.05) is 6.07 Å². The number of likely N-dealkylation sites (tertiary alicyclic amines) is 1. The highest BCUT2D eigenvalue weighted by atomic mass is 19.4. The van der Waals surface area contributed by atoms with Crippen molar-refractivity contribution in [1.29, 1.82) is 0 Å². The smallest absolute Gasteiger partial charge is 0.416 e. The summed E-state index contributed by atoms with van der Waals surface area (Å²) in [4.78, 5) is 25.2. The van der Waals surface area contributed by atoms with Crippen molar-refractivity contribution < 1.29 is 27.5 Å². The number of methoxy groups -OCH3 is 1. The number of nitrogens with one attached hydrogen (secondary N) is 1. The fourth-order valence-electron chi connectivity index (χ4n) is 2.88. The van der Waals surface area contributed by atoms with Gasteiger partial charge in [0.15, 0.2) is 0 Å². The molecular weight excluding hydrogens is 337 g/mol. The molecule has 5 nitrogen and oxygen atoms in total. The third kappa shape index (κ3) is 4.87. The number of halogens is 3. The first-order chi connectivity index (χ1) is 11.7. The van der Waals surface area contributed by atoms with Gasteiger partial charge in [0.1, 0.15) is 5.75 Å². The van der Waals surface area contributed by atoms with Crippen molar-refractivity contribution in [2.24, 2.45) is 5.92 Å². The van der Waals surface area contributed by atoms with E-state index in [9.17, 15) is 22.8 Å². The van der Waals surface area contributed by atoms with Crippen LogP contribution in [0.4, 0.5) is 13.2 Å². The van der Waals surface area contributed by atoms with Crippen LogP contribution in [0.1, 0.15) is 30.9 Å². The lowest BCUT2D eigenvalue weighted by Gasteiger charge is -2.30. The van der Waals surface area contributed by atoms with E-state index in [1.165, 1.54) is 26.2 Å². The fourth-order valence-corrected chi connectivity index (χ4v) is 2.88. The quantitative estimate of drug-likeness (QED) is 0.900. The van der Waals surface area contributed by atoms with Crippen molar-refractivity contribution in [3.63, 3.8) is 0 Å². The molecule has 0 aliphatic carbocycles. The number of nitrogens with zero attached hydrogens (tertiary/aromatic N) is 1. The van der Waals surface area contributed by atoms with Gasteiger partial charge < -0.3 is 15.0 Å². The highest BCUT2D eigenvalue weighted by Gasteiger charge is 2.34. The standard InChI is InChI=1S/C17H21F3N2O3/c1-11(23)22-7-5-12(6-8-22)16(24)21-10-13-3-4-14(25-2)9-15(13)17(18,19)20/h3-4,9,12H,5-8,10H2,1-2H3,(H,21,24). The Hall–Kier alpha value is -2.25. The monoisotopic (exact) mass is 358 g/mol. The number of piperidine rings is 1. The summed E-state index contributed by atoms with van der Waals surface area (Å²) in [5.74, 6) is -0.499. The third-order valence-electron chi connectivity index (χ3n) is 4.39. The van der Waals surface area contributed by atoms with Crippen molar-refractivity contribution >= 4 is 11.8 Å². The second-order valence-electron chi connectivity index (χ2n) is 6.02. The molecule has 0 radical (unpaired) electrons. The van der Waals surface area contributed by atoms with Crippen LogP contribution in [0, 0.1) is 5.92 Å². The molecule has 8 heteroatoms. The molecule has 1 aromatic carbocycles. The zero-order chi connectivity index (χ0) is 18.6. The maximum Gasteiger partial charge on any atom is 0.416 e. The fraction of sp³-hybridized carbons (Fsp3) is 0.529. The van der Waals surface area contributed by atoms with Crippen LogP contribution >= 0.6 is 0 Å². The van der Waals surface area contributed by atoms with Gasteiger partial charge in [-0.05, 0) is 30.5 Å². The van der Waals surface area contributed by atoms with E-state index in [4.69, 9.17) is 4.74 Å². The number of rotatable bonds is 4. The molecule has 1 aliphatic heterocycles. The Morgan fingerprint density at radius 2 is 1.92 bits per heavy atom. The number of hydrogen-bond donors (Lipinski definition) is 1. The van der Waals surface area contributed by atoms with Crippen LogP contribution in [0.25, 0.3) is 0 Å². The van der Waals surface area contributed by atoms with Crippen LogP contribution in [0.15, 0.2) is 18.2 Å². The average Bonchev–Trinajstić information content (AvgIpc) is 2.58. The van der Waals surface area contributed by atoms with Gasteiger partial charge in [-0.25, -0.2) is 0 Å². The molecule has 1 N–H and O–H groups in total. The van der Waals surface area contributed by atoms with Crippen molar-refractivity contribution in [2.45, 2.75) is 32.5 Å². The minimum absolute atomic E-state index is 0.0113. The molecule has 0 aromatic heterocycles. The minimum atomic E-state index is -4.53. The third-order valence-corrected chi connectivity index (χ3v) is 4.39. The lowest BCUT2D eigenvalue weighted by atomic mass is 9.95. The second kappa shape index (κ2) is 7.76. The molecule has 0 saturated carbocycles. The summed E-state index contributed by atoms with van der Waals surface area (Å²) in [6, 6.07) is 3.66. The number of carbonyl (C=O) groups excluding carboxylic acids is 2. The van der Waals surface area contributed by atoms with E-state index in [2.05, 4.69) is 5.32 Å². The Morgan fingerprint density at radius 3 is 2.44 bits per heavy atom. The minimum Gasteiger partial charge on any atom is -0.497 e. The molecule has 0 atom stereocenters. The molecule has 0 bridgehead atoms. The topological polar surface area (TPSA) is 58.6 Å². The molecule has 2 amide bonds. The summed E-state index contributed by atoms with van der Waals surface area (Å²) in [5.41, 5.74) is -0.832. The summed E-state index contributed by atoms with van der Waals surface area (Å²) in [6.45, 7) is 2.25. The number of amides is 2. The van der Waals surface area contributed by atoms with Crippen LogP contribution in [-0.2, 0) is 22.3 Å². The van der Waals surface area contributed by atoms with Crippen LogP contribution in [0.3, 0.4) is 0 Å². The summed E-state index contributed by atoms with van der Waals surface area (Å²) < 4.78 is 44.3. The Balaban J connectivity index is 1.99. The second-order valence-corrected chi connectivity index (χ2v) is 6.02. The molecule has 25 heavy (non-hydrogen) atoms. The van der Waals surface area contributed by atoms with E-state index < -0.39 is 11.7 Å². The van der Waals surface area contributed by atoms with Crippen molar-refractivity contribution in [3.05, 3.63) is 29.3 Å². The zero-order valence-corrected chi connectivity index (χ0v) is 14.2. The molecular formula is C17H21F3N2O3. The van der Waals surface area contributed by atoms with E-state index in [1.54, 1.807) is 4.90 Å². The first kappa shape index (κ1) is 19.1. The van der Waals surface area contributed by atoms with E-state index in [0.29, 0.717) is 25.9 Å². The molecule has 2 rings (SSSR count).